The molecular weight excluding hydrogens is 329 g/mol. The minimum absolute atomic E-state index is 0.0413. The highest BCUT2D eigenvalue weighted by molar-refractivity contribution is 14.1. The Kier molecular flexibility index (Phi) is 3.73. The quantitative estimate of drug-likeness (QED) is 0.818. The van der Waals surface area contributed by atoms with Crippen LogP contribution in [0.25, 0.3) is 0 Å². The van der Waals surface area contributed by atoms with E-state index in [9.17, 15) is 9.90 Å². The van der Waals surface area contributed by atoms with Crippen molar-refractivity contribution in [2.45, 2.75) is 31.3 Å². The fourth-order valence-corrected chi connectivity index (χ4v) is 2.31. The summed E-state index contributed by atoms with van der Waals surface area (Å²) in [5.41, 5.74) is 0.750. The van der Waals surface area contributed by atoms with Crippen molar-refractivity contribution in [2.24, 2.45) is 0 Å². The predicted molar refractivity (Wildman–Crippen MR) is 74.8 cm³/mol. The number of hydrogen-bond donors (Lipinski definition) is 2. The van der Waals surface area contributed by atoms with E-state index < -0.39 is 6.10 Å². The molecule has 2 N–H and O–H groups in total. The highest BCUT2D eigenvalue weighted by Crippen LogP contribution is 2.48. The standard InChI is InChI=1S/C13H16INO2/c1-9(16)8-15-12(17)13(6-7-13)10-2-4-11(14)5-3-10/h2-5,9,16H,6-8H2,1H3,(H,15,17)/t9-/m1/s1. The van der Waals surface area contributed by atoms with E-state index in [4.69, 9.17) is 0 Å². The van der Waals surface area contributed by atoms with Gasteiger partial charge in [-0.3, -0.25) is 4.79 Å². The number of benzene rings is 1. The number of aliphatic hydroxyl groups excluding tert-OH is 1. The van der Waals surface area contributed by atoms with E-state index in [1.165, 1.54) is 3.57 Å². The van der Waals surface area contributed by atoms with Crippen molar-refractivity contribution in [3.05, 3.63) is 33.4 Å². The van der Waals surface area contributed by atoms with Gasteiger partial charge in [0.1, 0.15) is 0 Å². The number of aliphatic hydroxyl groups is 1. The average Bonchev–Trinajstić information content (AvgIpc) is 3.08. The monoisotopic (exact) mass is 345 g/mol. The average molecular weight is 345 g/mol. The van der Waals surface area contributed by atoms with Crippen LogP contribution in [0, 0.1) is 3.57 Å². The van der Waals surface area contributed by atoms with Gasteiger partial charge in [0.15, 0.2) is 0 Å². The Morgan fingerprint density at radius 2 is 2.06 bits per heavy atom. The molecule has 1 amide bonds. The second kappa shape index (κ2) is 4.94. The fraction of sp³-hybridized carbons (Fsp3) is 0.462. The molecule has 1 atom stereocenters. The second-order valence-corrected chi connectivity index (χ2v) is 5.89. The summed E-state index contributed by atoms with van der Waals surface area (Å²) >= 11 is 2.25. The highest BCUT2D eigenvalue weighted by atomic mass is 127. The zero-order valence-electron chi connectivity index (χ0n) is 9.74. The molecular formula is C13H16INO2. The van der Waals surface area contributed by atoms with Crippen molar-refractivity contribution in [3.8, 4) is 0 Å². The topological polar surface area (TPSA) is 49.3 Å². The Bertz CT molecular complexity index is 410. The van der Waals surface area contributed by atoms with Crippen molar-refractivity contribution in [2.75, 3.05) is 6.54 Å². The number of carbonyl (C=O) groups excluding carboxylic acids is 1. The molecule has 0 saturated heterocycles. The van der Waals surface area contributed by atoms with Gasteiger partial charge in [-0.2, -0.15) is 0 Å². The molecule has 4 heteroatoms. The first kappa shape index (κ1) is 12.8. The minimum atomic E-state index is -0.494. The predicted octanol–water partition coefficient (Wildman–Crippen LogP) is 1.82. The zero-order chi connectivity index (χ0) is 12.5. The molecule has 2 rings (SSSR count). The molecule has 1 aromatic carbocycles. The molecule has 1 aromatic rings. The van der Waals surface area contributed by atoms with Gasteiger partial charge in [-0.1, -0.05) is 12.1 Å². The summed E-state index contributed by atoms with van der Waals surface area (Å²) in [6.45, 7) is 2.00. The Labute approximate surface area is 115 Å². The lowest BCUT2D eigenvalue weighted by atomic mass is 9.95. The Balaban J connectivity index is 2.08. The van der Waals surface area contributed by atoms with Gasteiger partial charge in [0.05, 0.1) is 11.5 Å². The van der Waals surface area contributed by atoms with Gasteiger partial charge in [0.25, 0.3) is 0 Å². The minimum Gasteiger partial charge on any atom is -0.392 e. The number of nitrogens with one attached hydrogen (secondary N) is 1. The molecule has 0 unspecified atom stereocenters. The number of rotatable bonds is 4. The third-order valence-corrected chi connectivity index (χ3v) is 3.86. The maximum Gasteiger partial charge on any atom is 0.230 e. The maximum atomic E-state index is 12.1. The van der Waals surface area contributed by atoms with Crippen LogP contribution in [0.15, 0.2) is 24.3 Å². The van der Waals surface area contributed by atoms with E-state index in [1.54, 1.807) is 6.92 Å². The van der Waals surface area contributed by atoms with Gasteiger partial charge in [-0.15, -0.1) is 0 Å². The smallest absolute Gasteiger partial charge is 0.230 e. The number of amides is 1. The van der Waals surface area contributed by atoms with Crippen LogP contribution >= 0.6 is 22.6 Å². The van der Waals surface area contributed by atoms with E-state index in [2.05, 4.69) is 27.9 Å². The molecule has 1 aliphatic carbocycles. The van der Waals surface area contributed by atoms with Crippen LogP contribution in [0.5, 0.6) is 0 Å². The van der Waals surface area contributed by atoms with Gasteiger partial charge in [-0.05, 0) is 60.1 Å². The third kappa shape index (κ3) is 2.80. The number of carbonyl (C=O) groups is 1. The SMILES string of the molecule is C[C@@H](O)CNC(=O)C1(c2ccc(I)cc2)CC1. The van der Waals surface area contributed by atoms with E-state index in [0.717, 1.165) is 18.4 Å². The molecule has 0 spiro atoms. The summed E-state index contributed by atoms with van der Waals surface area (Å²) in [6.07, 6.45) is 1.31. The molecule has 3 nitrogen and oxygen atoms in total. The van der Waals surface area contributed by atoms with Gasteiger partial charge in [0, 0.05) is 10.1 Å². The van der Waals surface area contributed by atoms with Crippen molar-refractivity contribution in [1.82, 2.24) is 5.32 Å². The second-order valence-electron chi connectivity index (χ2n) is 4.65. The Hall–Kier alpha value is -0.620. The maximum absolute atomic E-state index is 12.1. The summed E-state index contributed by atoms with van der Waals surface area (Å²) < 4.78 is 1.17. The zero-order valence-corrected chi connectivity index (χ0v) is 11.9. The molecule has 0 aromatic heterocycles. The van der Waals surface area contributed by atoms with Crippen LogP contribution in [0.2, 0.25) is 0 Å². The lowest BCUT2D eigenvalue weighted by Crippen LogP contribution is -2.38. The number of hydrogen-bond acceptors (Lipinski definition) is 2. The van der Waals surface area contributed by atoms with Crippen molar-refractivity contribution in [3.63, 3.8) is 0 Å². The van der Waals surface area contributed by atoms with Gasteiger partial charge in [0.2, 0.25) is 5.91 Å². The fourth-order valence-electron chi connectivity index (χ4n) is 1.95. The molecule has 17 heavy (non-hydrogen) atoms. The van der Waals surface area contributed by atoms with Crippen LogP contribution in [0.3, 0.4) is 0 Å². The summed E-state index contributed by atoms with van der Waals surface area (Å²) in [5.74, 6) is 0.0413. The van der Waals surface area contributed by atoms with Crippen LogP contribution in [-0.2, 0) is 10.2 Å². The van der Waals surface area contributed by atoms with E-state index in [0.29, 0.717) is 6.54 Å². The van der Waals surface area contributed by atoms with Crippen LogP contribution in [0.1, 0.15) is 25.3 Å². The van der Waals surface area contributed by atoms with Gasteiger partial charge >= 0.3 is 0 Å². The lowest BCUT2D eigenvalue weighted by Gasteiger charge is -2.16. The third-order valence-electron chi connectivity index (χ3n) is 3.14. The van der Waals surface area contributed by atoms with Crippen LogP contribution in [0.4, 0.5) is 0 Å². The van der Waals surface area contributed by atoms with Crippen LogP contribution in [-0.4, -0.2) is 23.7 Å². The largest absolute Gasteiger partial charge is 0.392 e. The molecule has 1 aliphatic rings. The molecule has 92 valence electrons. The molecule has 0 bridgehead atoms. The molecule has 0 heterocycles. The lowest BCUT2D eigenvalue weighted by molar-refractivity contribution is -0.124. The molecule has 0 aliphatic heterocycles. The first-order valence-electron chi connectivity index (χ1n) is 5.77. The van der Waals surface area contributed by atoms with E-state index in [1.807, 2.05) is 24.3 Å². The van der Waals surface area contributed by atoms with Crippen molar-refractivity contribution < 1.29 is 9.90 Å². The van der Waals surface area contributed by atoms with Crippen LogP contribution < -0.4 is 5.32 Å². The summed E-state index contributed by atoms with van der Waals surface area (Å²) in [7, 11) is 0. The summed E-state index contributed by atoms with van der Waals surface area (Å²) in [4.78, 5) is 12.1. The summed E-state index contributed by atoms with van der Waals surface area (Å²) in [6, 6.07) is 8.10. The van der Waals surface area contributed by atoms with Crippen molar-refractivity contribution >= 4 is 28.5 Å². The highest BCUT2D eigenvalue weighted by Gasteiger charge is 2.51. The van der Waals surface area contributed by atoms with E-state index in [-0.39, 0.29) is 11.3 Å². The van der Waals surface area contributed by atoms with Gasteiger partial charge < -0.3 is 10.4 Å². The molecule has 1 saturated carbocycles. The molecule has 0 radical (unpaired) electrons. The van der Waals surface area contributed by atoms with E-state index >= 15 is 0 Å². The van der Waals surface area contributed by atoms with Gasteiger partial charge in [-0.25, -0.2) is 0 Å². The number of halogens is 1. The Morgan fingerprint density at radius 3 is 2.53 bits per heavy atom. The Morgan fingerprint density at radius 1 is 1.47 bits per heavy atom. The molecule has 1 fully saturated rings. The first-order chi connectivity index (χ1) is 8.04. The van der Waals surface area contributed by atoms with Crippen molar-refractivity contribution in [1.29, 1.82) is 0 Å². The first-order valence-corrected chi connectivity index (χ1v) is 6.85. The summed E-state index contributed by atoms with van der Waals surface area (Å²) in [5, 5.41) is 12.0. The normalized spacial score (nSPS) is 18.5.